The third-order valence-electron chi connectivity index (χ3n) is 5.13. The van der Waals surface area contributed by atoms with Crippen molar-refractivity contribution in [3.05, 3.63) is 0 Å². The van der Waals surface area contributed by atoms with Crippen molar-refractivity contribution in [3.8, 4) is 0 Å². The van der Waals surface area contributed by atoms with Crippen LogP contribution in [0.3, 0.4) is 0 Å². The molecule has 0 aromatic heterocycles. The third-order valence-corrected chi connectivity index (χ3v) is 5.13. The lowest BCUT2D eigenvalue weighted by Gasteiger charge is -2.40. The Morgan fingerprint density at radius 1 is 1.28 bits per heavy atom. The molecule has 2 aliphatic rings. The van der Waals surface area contributed by atoms with Crippen LogP contribution >= 0.6 is 0 Å². The molecule has 2 nitrogen and oxygen atoms in total. The minimum Gasteiger partial charge on any atom is -0.312 e. The van der Waals surface area contributed by atoms with Crippen molar-refractivity contribution in [2.45, 2.75) is 71.9 Å². The van der Waals surface area contributed by atoms with Crippen molar-refractivity contribution in [2.75, 3.05) is 19.6 Å². The van der Waals surface area contributed by atoms with Gasteiger partial charge in [0.2, 0.25) is 0 Å². The van der Waals surface area contributed by atoms with Crippen LogP contribution in [-0.2, 0) is 0 Å². The fourth-order valence-corrected chi connectivity index (χ4v) is 3.88. The standard InChI is InChI=1S/C16H32N2/c1-13-11-16(3,4)8-7-15(13)17-12-14(2)18-9-5-6-10-18/h13-15,17H,5-12H2,1-4H3. The molecule has 0 aromatic rings. The van der Waals surface area contributed by atoms with Gasteiger partial charge >= 0.3 is 0 Å². The second-order valence-corrected chi connectivity index (χ2v) is 7.49. The number of nitrogens with one attached hydrogen (secondary N) is 1. The van der Waals surface area contributed by atoms with Crippen molar-refractivity contribution in [1.29, 1.82) is 0 Å². The fourth-order valence-electron chi connectivity index (χ4n) is 3.88. The normalized spacial score (nSPS) is 34.7. The maximum atomic E-state index is 3.84. The predicted molar refractivity (Wildman–Crippen MR) is 78.9 cm³/mol. The zero-order valence-corrected chi connectivity index (χ0v) is 12.8. The van der Waals surface area contributed by atoms with Gasteiger partial charge < -0.3 is 5.32 Å². The molecule has 1 heterocycles. The molecule has 1 aliphatic heterocycles. The highest BCUT2D eigenvalue weighted by Crippen LogP contribution is 2.38. The highest BCUT2D eigenvalue weighted by molar-refractivity contribution is 4.87. The maximum Gasteiger partial charge on any atom is 0.0192 e. The Balaban J connectivity index is 1.73. The molecule has 0 bridgehead atoms. The lowest BCUT2D eigenvalue weighted by atomic mass is 9.70. The second kappa shape index (κ2) is 5.92. The molecule has 0 aromatic carbocycles. The van der Waals surface area contributed by atoms with Gasteiger partial charge in [0.1, 0.15) is 0 Å². The second-order valence-electron chi connectivity index (χ2n) is 7.49. The quantitative estimate of drug-likeness (QED) is 0.826. The summed E-state index contributed by atoms with van der Waals surface area (Å²) in [7, 11) is 0. The molecule has 0 radical (unpaired) electrons. The smallest absolute Gasteiger partial charge is 0.0192 e. The van der Waals surface area contributed by atoms with Crippen LogP contribution in [0.4, 0.5) is 0 Å². The highest BCUT2D eigenvalue weighted by Gasteiger charge is 2.32. The summed E-state index contributed by atoms with van der Waals surface area (Å²) in [6, 6.07) is 1.47. The van der Waals surface area contributed by atoms with E-state index in [2.05, 4.69) is 37.9 Å². The Kier molecular flexibility index (Phi) is 4.71. The average molecular weight is 252 g/mol. The van der Waals surface area contributed by atoms with Crippen LogP contribution in [0.5, 0.6) is 0 Å². The molecule has 2 fully saturated rings. The molecule has 0 spiro atoms. The van der Waals surface area contributed by atoms with E-state index in [9.17, 15) is 0 Å². The van der Waals surface area contributed by atoms with Crippen molar-refractivity contribution in [1.82, 2.24) is 10.2 Å². The van der Waals surface area contributed by atoms with Gasteiger partial charge in [-0.2, -0.15) is 0 Å². The van der Waals surface area contributed by atoms with Gasteiger partial charge in [0.25, 0.3) is 0 Å². The first-order valence-corrected chi connectivity index (χ1v) is 7.95. The van der Waals surface area contributed by atoms with E-state index < -0.39 is 0 Å². The largest absolute Gasteiger partial charge is 0.312 e. The summed E-state index contributed by atoms with van der Waals surface area (Å²) in [4.78, 5) is 2.64. The topological polar surface area (TPSA) is 15.3 Å². The summed E-state index contributed by atoms with van der Waals surface area (Å²) in [6.07, 6.45) is 6.92. The number of rotatable bonds is 4. The predicted octanol–water partition coefficient (Wildman–Crippen LogP) is 3.28. The minimum absolute atomic E-state index is 0.568. The molecule has 1 saturated heterocycles. The molecule has 1 saturated carbocycles. The van der Waals surface area contributed by atoms with E-state index in [1.165, 1.54) is 51.7 Å². The molecule has 1 N–H and O–H groups in total. The molecule has 3 unspecified atom stereocenters. The summed E-state index contributed by atoms with van der Waals surface area (Å²) in [6.45, 7) is 13.5. The Labute approximate surface area is 114 Å². The lowest BCUT2D eigenvalue weighted by molar-refractivity contribution is 0.140. The van der Waals surface area contributed by atoms with E-state index in [0.717, 1.165) is 18.0 Å². The summed E-state index contributed by atoms with van der Waals surface area (Å²) < 4.78 is 0. The third kappa shape index (κ3) is 3.71. The molecular weight excluding hydrogens is 220 g/mol. The lowest BCUT2D eigenvalue weighted by Crippen LogP contribution is -2.47. The first kappa shape index (κ1) is 14.3. The number of nitrogens with zero attached hydrogens (tertiary/aromatic N) is 1. The number of hydrogen-bond acceptors (Lipinski definition) is 2. The number of hydrogen-bond donors (Lipinski definition) is 1. The van der Waals surface area contributed by atoms with Crippen LogP contribution in [0.15, 0.2) is 0 Å². The zero-order chi connectivity index (χ0) is 13.2. The van der Waals surface area contributed by atoms with Crippen LogP contribution in [0, 0.1) is 11.3 Å². The summed E-state index contributed by atoms with van der Waals surface area (Å²) in [5, 5.41) is 3.84. The van der Waals surface area contributed by atoms with Crippen molar-refractivity contribution in [2.24, 2.45) is 11.3 Å². The van der Waals surface area contributed by atoms with Gasteiger partial charge in [-0.1, -0.05) is 20.8 Å². The Morgan fingerprint density at radius 2 is 1.94 bits per heavy atom. The van der Waals surface area contributed by atoms with Crippen LogP contribution < -0.4 is 5.32 Å². The molecule has 106 valence electrons. The first-order valence-electron chi connectivity index (χ1n) is 7.95. The molecule has 2 heteroatoms. The van der Waals surface area contributed by atoms with Crippen LogP contribution in [-0.4, -0.2) is 36.6 Å². The van der Waals surface area contributed by atoms with Crippen LogP contribution in [0.25, 0.3) is 0 Å². The maximum absolute atomic E-state index is 3.84. The Bertz CT molecular complexity index is 256. The highest BCUT2D eigenvalue weighted by atomic mass is 15.2. The molecule has 3 atom stereocenters. The molecule has 2 rings (SSSR count). The van der Waals surface area contributed by atoms with Gasteiger partial charge in [-0.25, -0.2) is 0 Å². The van der Waals surface area contributed by atoms with Crippen molar-refractivity contribution >= 4 is 0 Å². The van der Waals surface area contributed by atoms with Gasteiger partial charge in [-0.05, 0) is 63.5 Å². The van der Waals surface area contributed by atoms with Gasteiger partial charge in [-0.15, -0.1) is 0 Å². The average Bonchev–Trinajstić information content (AvgIpc) is 2.80. The first-order chi connectivity index (χ1) is 8.48. The van der Waals surface area contributed by atoms with Crippen molar-refractivity contribution in [3.63, 3.8) is 0 Å². The van der Waals surface area contributed by atoms with Crippen molar-refractivity contribution < 1.29 is 0 Å². The molecule has 1 aliphatic carbocycles. The van der Waals surface area contributed by atoms with Crippen LogP contribution in [0.1, 0.15) is 59.8 Å². The monoisotopic (exact) mass is 252 g/mol. The SMILES string of the molecule is CC1CC(C)(C)CCC1NCC(C)N1CCCC1. The van der Waals surface area contributed by atoms with E-state index in [1.54, 1.807) is 0 Å². The summed E-state index contributed by atoms with van der Waals surface area (Å²) >= 11 is 0. The fraction of sp³-hybridized carbons (Fsp3) is 1.00. The number of likely N-dealkylation sites (tertiary alicyclic amines) is 1. The Hall–Kier alpha value is -0.0800. The molecule has 0 amide bonds. The van der Waals surface area contributed by atoms with E-state index in [1.807, 2.05) is 0 Å². The van der Waals surface area contributed by atoms with Crippen LogP contribution in [0.2, 0.25) is 0 Å². The zero-order valence-electron chi connectivity index (χ0n) is 12.8. The van der Waals surface area contributed by atoms with Gasteiger partial charge in [-0.3, -0.25) is 4.90 Å². The van der Waals surface area contributed by atoms with Gasteiger partial charge in [0, 0.05) is 18.6 Å². The minimum atomic E-state index is 0.568. The molecular formula is C16H32N2. The van der Waals surface area contributed by atoms with E-state index in [4.69, 9.17) is 0 Å². The molecule has 18 heavy (non-hydrogen) atoms. The van der Waals surface area contributed by atoms with Gasteiger partial charge in [0.05, 0.1) is 0 Å². The van der Waals surface area contributed by atoms with E-state index in [0.29, 0.717) is 5.41 Å². The van der Waals surface area contributed by atoms with Gasteiger partial charge in [0.15, 0.2) is 0 Å². The Morgan fingerprint density at radius 3 is 2.56 bits per heavy atom. The summed E-state index contributed by atoms with van der Waals surface area (Å²) in [5.74, 6) is 0.833. The van der Waals surface area contributed by atoms with E-state index >= 15 is 0 Å². The summed E-state index contributed by atoms with van der Waals surface area (Å²) in [5.41, 5.74) is 0.568. The van der Waals surface area contributed by atoms with E-state index in [-0.39, 0.29) is 0 Å².